The van der Waals surface area contributed by atoms with Gasteiger partial charge in [0.1, 0.15) is 0 Å². The van der Waals surface area contributed by atoms with Gasteiger partial charge in [0.2, 0.25) is 5.91 Å². The Morgan fingerprint density at radius 3 is 2.61 bits per heavy atom. The maximum absolute atomic E-state index is 12.0. The van der Waals surface area contributed by atoms with Gasteiger partial charge in [0.25, 0.3) is 0 Å². The second-order valence-electron chi connectivity index (χ2n) is 4.68. The molecule has 102 valence electrons. The first-order valence-corrected chi connectivity index (χ1v) is 6.19. The second-order valence-corrected chi connectivity index (χ2v) is 4.68. The first-order chi connectivity index (χ1) is 7.99. The normalized spacial score (nSPS) is 13.3. The minimum atomic E-state index is -0.795. The van der Waals surface area contributed by atoms with E-state index in [2.05, 4.69) is 12.2 Å². The van der Waals surface area contributed by atoms with Crippen LogP contribution in [-0.4, -0.2) is 11.4 Å². The Morgan fingerprint density at radius 1 is 1.39 bits per heavy atom. The fourth-order valence-electron chi connectivity index (χ4n) is 1.78. The van der Waals surface area contributed by atoms with Crippen molar-refractivity contribution in [1.29, 1.82) is 0 Å². The first-order valence-electron chi connectivity index (χ1n) is 6.19. The van der Waals surface area contributed by atoms with E-state index in [4.69, 9.17) is 5.73 Å². The maximum atomic E-state index is 12.0. The van der Waals surface area contributed by atoms with Gasteiger partial charge in [-0.15, -0.1) is 12.4 Å². The van der Waals surface area contributed by atoms with E-state index in [1.54, 1.807) is 6.92 Å². The zero-order valence-corrected chi connectivity index (χ0v) is 12.1. The highest BCUT2D eigenvalue weighted by Crippen LogP contribution is 2.15. The topological polar surface area (TPSA) is 55.1 Å². The Balaban J connectivity index is 0.00000289. The van der Waals surface area contributed by atoms with Crippen molar-refractivity contribution in [1.82, 2.24) is 0 Å². The van der Waals surface area contributed by atoms with Crippen molar-refractivity contribution in [3.05, 3.63) is 29.8 Å². The molecule has 18 heavy (non-hydrogen) atoms. The van der Waals surface area contributed by atoms with Gasteiger partial charge in [0.15, 0.2) is 0 Å². The summed E-state index contributed by atoms with van der Waals surface area (Å²) in [6, 6.07) is 7.87. The molecule has 0 aromatic heterocycles. The summed E-state index contributed by atoms with van der Waals surface area (Å²) in [4.78, 5) is 12.0. The zero-order valence-electron chi connectivity index (χ0n) is 11.3. The van der Waals surface area contributed by atoms with Crippen LogP contribution in [0, 0.1) is 0 Å². The van der Waals surface area contributed by atoms with Crippen molar-refractivity contribution < 1.29 is 4.79 Å². The minimum Gasteiger partial charge on any atom is -0.324 e. The highest BCUT2D eigenvalue weighted by Gasteiger charge is 2.26. The molecule has 1 rings (SSSR count). The number of nitrogens with two attached hydrogens (primary N) is 1. The van der Waals surface area contributed by atoms with E-state index in [0.29, 0.717) is 6.42 Å². The molecular formula is C14H23ClN2O. The molecule has 1 amide bonds. The molecule has 0 spiro atoms. The third-order valence-corrected chi connectivity index (χ3v) is 2.88. The van der Waals surface area contributed by atoms with E-state index < -0.39 is 5.54 Å². The lowest BCUT2D eigenvalue weighted by Gasteiger charge is -2.22. The fraction of sp³-hybridized carbons (Fsp3) is 0.500. The summed E-state index contributed by atoms with van der Waals surface area (Å²) in [5.74, 6) is -0.118. The van der Waals surface area contributed by atoms with Crippen LogP contribution >= 0.6 is 12.4 Å². The number of aryl methyl sites for hydroxylation is 1. The van der Waals surface area contributed by atoms with Gasteiger partial charge >= 0.3 is 0 Å². The van der Waals surface area contributed by atoms with Crippen LogP contribution in [0.2, 0.25) is 0 Å². The largest absolute Gasteiger partial charge is 0.324 e. The molecule has 0 fully saturated rings. The molecule has 0 aliphatic rings. The Kier molecular flexibility index (Phi) is 6.96. The van der Waals surface area contributed by atoms with Crippen molar-refractivity contribution in [3.63, 3.8) is 0 Å². The number of benzene rings is 1. The number of hydrogen-bond acceptors (Lipinski definition) is 2. The summed E-state index contributed by atoms with van der Waals surface area (Å²) in [5, 5.41) is 2.88. The first kappa shape index (κ1) is 16.9. The van der Waals surface area contributed by atoms with Crippen LogP contribution < -0.4 is 11.1 Å². The molecule has 0 bridgehead atoms. The van der Waals surface area contributed by atoms with Crippen LogP contribution in [0.4, 0.5) is 5.69 Å². The predicted molar refractivity (Wildman–Crippen MR) is 79.2 cm³/mol. The number of amides is 1. The number of carbonyl (C=O) groups excluding carboxylic acids is 1. The van der Waals surface area contributed by atoms with E-state index >= 15 is 0 Å². The van der Waals surface area contributed by atoms with Crippen LogP contribution in [0.25, 0.3) is 0 Å². The number of hydrogen-bond donors (Lipinski definition) is 2. The third-order valence-electron chi connectivity index (χ3n) is 2.88. The Labute approximate surface area is 116 Å². The molecular weight excluding hydrogens is 248 g/mol. The number of nitrogens with one attached hydrogen (secondary N) is 1. The van der Waals surface area contributed by atoms with Crippen molar-refractivity contribution in [2.24, 2.45) is 5.73 Å². The average Bonchev–Trinajstić information content (AvgIpc) is 2.29. The summed E-state index contributed by atoms with van der Waals surface area (Å²) in [6.45, 7) is 5.89. The Bertz CT molecular complexity index is 391. The van der Waals surface area contributed by atoms with Crippen molar-refractivity contribution >= 4 is 24.0 Å². The van der Waals surface area contributed by atoms with Gasteiger partial charge in [0.05, 0.1) is 5.54 Å². The highest BCUT2D eigenvalue weighted by molar-refractivity contribution is 5.97. The van der Waals surface area contributed by atoms with Crippen LogP contribution in [0.5, 0.6) is 0 Å². The van der Waals surface area contributed by atoms with E-state index in [0.717, 1.165) is 18.5 Å². The lowest BCUT2D eigenvalue weighted by molar-refractivity contribution is -0.120. The summed E-state index contributed by atoms with van der Waals surface area (Å²) >= 11 is 0. The summed E-state index contributed by atoms with van der Waals surface area (Å²) in [6.07, 6.45) is 2.54. The third kappa shape index (κ3) is 4.67. The molecule has 1 aromatic carbocycles. The van der Waals surface area contributed by atoms with Gasteiger partial charge in [-0.05, 0) is 37.5 Å². The molecule has 3 N–H and O–H groups in total. The SMILES string of the molecule is CCCC(C)(N)C(=O)Nc1cccc(CC)c1.Cl. The highest BCUT2D eigenvalue weighted by atomic mass is 35.5. The monoisotopic (exact) mass is 270 g/mol. The van der Waals surface area contributed by atoms with E-state index in [1.807, 2.05) is 31.2 Å². The van der Waals surface area contributed by atoms with Crippen molar-refractivity contribution in [3.8, 4) is 0 Å². The Hall–Kier alpha value is -1.06. The van der Waals surface area contributed by atoms with E-state index in [9.17, 15) is 4.79 Å². The number of carbonyl (C=O) groups is 1. The van der Waals surface area contributed by atoms with Gasteiger partial charge in [-0.2, -0.15) is 0 Å². The van der Waals surface area contributed by atoms with Crippen LogP contribution in [0.15, 0.2) is 24.3 Å². The smallest absolute Gasteiger partial charge is 0.244 e. The molecule has 0 radical (unpaired) electrons. The molecule has 0 heterocycles. The Morgan fingerprint density at radius 2 is 2.06 bits per heavy atom. The lowest BCUT2D eigenvalue weighted by Crippen LogP contribution is -2.48. The number of rotatable bonds is 5. The molecule has 0 saturated heterocycles. The van der Waals surface area contributed by atoms with Crippen molar-refractivity contribution in [2.45, 2.75) is 45.6 Å². The minimum absolute atomic E-state index is 0. The van der Waals surface area contributed by atoms with Gasteiger partial charge in [0, 0.05) is 5.69 Å². The zero-order chi connectivity index (χ0) is 12.9. The summed E-state index contributed by atoms with van der Waals surface area (Å²) in [5.41, 5.74) is 7.21. The molecule has 1 unspecified atom stereocenters. The molecule has 0 aliphatic carbocycles. The van der Waals surface area contributed by atoms with E-state index in [1.165, 1.54) is 5.56 Å². The van der Waals surface area contributed by atoms with E-state index in [-0.39, 0.29) is 18.3 Å². The van der Waals surface area contributed by atoms with Crippen LogP contribution in [-0.2, 0) is 11.2 Å². The van der Waals surface area contributed by atoms with Gasteiger partial charge < -0.3 is 11.1 Å². The molecule has 3 nitrogen and oxygen atoms in total. The lowest BCUT2D eigenvalue weighted by atomic mass is 9.96. The molecule has 4 heteroatoms. The predicted octanol–water partition coefficient (Wildman–Crippen LogP) is 3.13. The summed E-state index contributed by atoms with van der Waals surface area (Å²) < 4.78 is 0. The number of anilines is 1. The second kappa shape index (κ2) is 7.39. The molecule has 0 saturated carbocycles. The number of halogens is 1. The summed E-state index contributed by atoms with van der Waals surface area (Å²) in [7, 11) is 0. The molecule has 1 atom stereocenters. The maximum Gasteiger partial charge on any atom is 0.244 e. The van der Waals surface area contributed by atoms with Gasteiger partial charge in [-0.25, -0.2) is 0 Å². The van der Waals surface area contributed by atoms with Crippen molar-refractivity contribution in [2.75, 3.05) is 5.32 Å². The standard InChI is InChI=1S/C14H22N2O.ClH/c1-4-9-14(3,15)13(17)16-12-8-6-7-11(5-2)10-12;/h6-8,10H,4-5,9,15H2,1-3H3,(H,16,17);1H. The van der Waals surface area contributed by atoms with Crippen LogP contribution in [0.1, 0.15) is 39.2 Å². The average molecular weight is 271 g/mol. The quantitative estimate of drug-likeness (QED) is 0.864. The van der Waals surface area contributed by atoms with Gasteiger partial charge in [-0.1, -0.05) is 32.4 Å². The van der Waals surface area contributed by atoms with Gasteiger partial charge in [-0.3, -0.25) is 4.79 Å². The van der Waals surface area contributed by atoms with Crippen LogP contribution in [0.3, 0.4) is 0 Å². The molecule has 0 aliphatic heterocycles. The fourth-order valence-corrected chi connectivity index (χ4v) is 1.78. The molecule has 1 aromatic rings.